The summed E-state index contributed by atoms with van der Waals surface area (Å²) in [6.07, 6.45) is -9.73. The first kappa shape index (κ1) is 37.8. The van der Waals surface area contributed by atoms with E-state index in [2.05, 4.69) is 41.2 Å². The van der Waals surface area contributed by atoms with Crippen molar-refractivity contribution < 1.29 is 59.8 Å². The fourth-order valence-electron chi connectivity index (χ4n) is 4.00. The number of aromatic amines is 1. The van der Waals surface area contributed by atoms with Gasteiger partial charge in [0.1, 0.15) is 6.17 Å². The van der Waals surface area contributed by atoms with Crippen LogP contribution in [0.1, 0.15) is 33.9 Å². The number of benzene rings is 2. The molecule has 6 N–H and O–H groups in total. The standard InChI is InChI=1S/C25H24F4IN7O4.C2HF3O2/c1-41-22(39)7-18(12-2-14(25(27,28)29)6-16(30)3-12)35-21(38)11-31-23(40)13-4-19(17-10-34-37-20(17)5-13)36-24-32-8-15(26)9-33-24;3-2(4,5)1(6)7/h2-6,10,15,18H,7-9,11H2,1H3,(H,31,40)(H,34,37)(H,35,38)(H2,32,33,36);(H,6,7)/t18-;/m0./s1. The van der Waals surface area contributed by atoms with E-state index in [1.54, 1.807) is 22.6 Å². The Morgan fingerprint density at radius 3 is 2.38 bits per heavy atom. The number of ether oxygens (including phenoxy) is 1. The predicted octanol–water partition coefficient (Wildman–Crippen LogP) is 3.68. The number of aliphatic carboxylic acids is 1. The van der Waals surface area contributed by atoms with Crippen molar-refractivity contribution in [1.82, 2.24) is 26.1 Å². The zero-order valence-electron chi connectivity index (χ0n) is 24.4. The van der Waals surface area contributed by atoms with Crippen LogP contribution >= 0.6 is 22.6 Å². The number of carbonyl (C=O) groups excluding carboxylic acids is 3. The maximum atomic E-state index is 13.4. The SMILES string of the molecule is COC(=O)C[C@H](NC(=O)CNC(=O)c1cc(NC2=NCC(F)CN2)c2cn[nH]c2c1)c1cc(I)cc(C(F)(F)F)c1.O=C(O)C(F)(F)F. The van der Waals surface area contributed by atoms with Crippen molar-refractivity contribution in [2.75, 3.05) is 32.1 Å². The Balaban J connectivity index is 0.000000804. The summed E-state index contributed by atoms with van der Waals surface area (Å²) in [5.41, 5.74) is 0.214. The highest BCUT2D eigenvalue weighted by atomic mass is 127. The number of H-pyrrole nitrogens is 1. The molecule has 0 spiro atoms. The molecule has 1 aliphatic heterocycles. The molecule has 2 amide bonds. The molecule has 260 valence electrons. The second kappa shape index (κ2) is 15.9. The van der Waals surface area contributed by atoms with Gasteiger partial charge in [-0.3, -0.25) is 19.5 Å². The van der Waals surface area contributed by atoms with Gasteiger partial charge in [-0.25, -0.2) is 14.2 Å². The number of carbonyl (C=O) groups is 4. The van der Waals surface area contributed by atoms with Gasteiger partial charge in [0.15, 0.2) is 5.96 Å². The van der Waals surface area contributed by atoms with Gasteiger partial charge in [0.2, 0.25) is 5.91 Å². The maximum Gasteiger partial charge on any atom is 0.490 e. The molecule has 1 aliphatic rings. The molecule has 1 unspecified atom stereocenters. The van der Waals surface area contributed by atoms with Crippen molar-refractivity contribution in [3.8, 4) is 0 Å². The zero-order chi connectivity index (χ0) is 35.8. The van der Waals surface area contributed by atoms with Crippen LogP contribution in [0, 0.1) is 3.57 Å². The predicted molar refractivity (Wildman–Crippen MR) is 163 cm³/mol. The lowest BCUT2D eigenvalue weighted by molar-refractivity contribution is -0.192. The van der Waals surface area contributed by atoms with Crippen LogP contribution < -0.4 is 21.3 Å². The number of alkyl halides is 7. The molecule has 2 atom stereocenters. The number of carboxylic acids is 1. The number of esters is 1. The van der Waals surface area contributed by atoms with Crippen molar-refractivity contribution in [1.29, 1.82) is 0 Å². The molecule has 21 heteroatoms. The van der Waals surface area contributed by atoms with E-state index in [4.69, 9.17) is 9.90 Å². The number of carboxylic acid groups (broad SMARTS) is 1. The number of nitrogens with one attached hydrogen (secondary N) is 5. The fraction of sp³-hybridized carbons (Fsp3) is 0.333. The van der Waals surface area contributed by atoms with Crippen LogP contribution in [0.25, 0.3) is 10.9 Å². The minimum atomic E-state index is -5.08. The first-order chi connectivity index (χ1) is 22.4. The Morgan fingerprint density at radius 1 is 1.10 bits per heavy atom. The van der Waals surface area contributed by atoms with E-state index in [1.165, 1.54) is 24.4 Å². The summed E-state index contributed by atoms with van der Waals surface area (Å²) < 4.78 is 90.1. The third-order valence-electron chi connectivity index (χ3n) is 6.25. The third-order valence-corrected chi connectivity index (χ3v) is 6.87. The Kier molecular flexibility index (Phi) is 12.5. The lowest BCUT2D eigenvalue weighted by atomic mass is 10.0. The van der Waals surface area contributed by atoms with Gasteiger partial charge >= 0.3 is 24.3 Å². The van der Waals surface area contributed by atoms with E-state index in [0.717, 1.165) is 19.2 Å². The Labute approximate surface area is 279 Å². The number of aliphatic imine (C=N–C) groups is 1. The van der Waals surface area contributed by atoms with Gasteiger partial charge < -0.3 is 31.1 Å². The van der Waals surface area contributed by atoms with Crippen LogP contribution in [0.5, 0.6) is 0 Å². The molecule has 2 heterocycles. The molecule has 3 aromatic rings. The number of hydrogen-bond donors (Lipinski definition) is 6. The Bertz CT molecular complexity index is 1700. The summed E-state index contributed by atoms with van der Waals surface area (Å²) in [5, 5.41) is 25.3. The van der Waals surface area contributed by atoms with Gasteiger partial charge in [0.05, 0.1) is 62.2 Å². The number of hydrogen-bond acceptors (Lipinski definition) is 9. The number of anilines is 1. The van der Waals surface area contributed by atoms with E-state index in [-0.39, 0.29) is 27.8 Å². The van der Waals surface area contributed by atoms with Crippen LogP contribution in [-0.4, -0.2) is 84.1 Å². The maximum absolute atomic E-state index is 13.4. The molecular formula is C27H25F7IN7O6. The van der Waals surface area contributed by atoms with E-state index in [0.29, 0.717) is 22.5 Å². The lowest BCUT2D eigenvalue weighted by Gasteiger charge is -2.20. The number of nitrogens with zero attached hydrogens (tertiary/aromatic N) is 2. The molecule has 2 aromatic carbocycles. The zero-order valence-corrected chi connectivity index (χ0v) is 26.5. The molecule has 0 saturated carbocycles. The number of rotatable bonds is 8. The number of methoxy groups -OCH3 is 1. The van der Waals surface area contributed by atoms with Gasteiger partial charge in [-0.05, 0) is 58.5 Å². The van der Waals surface area contributed by atoms with Gasteiger partial charge in [-0.2, -0.15) is 31.4 Å². The average Bonchev–Trinajstić information content (AvgIpc) is 3.49. The molecular weight excluding hydrogens is 778 g/mol. The molecule has 4 rings (SSSR count). The van der Waals surface area contributed by atoms with Crippen LogP contribution in [0.3, 0.4) is 0 Å². The normalized spacial score (nSPS) is 15.2. The van der Waals surface area contributed by atoms with Crippen molar-refractivity contribution >= 4 is 68.9 Å². The summed E-state index contributed by atoms with van der Waals surface area (Å²) in [4.78, 5) is 50.6. The molecule has 48 heavy (non-hydrogen) atoms. The molecule has 0 aliphatic carbocycles. The largest absolute Gasteiger partial charge is 0.490 e. The number of halogens is 8. The molecule has 13 nitrogen and oxygen atoms in total. The Morgan fingerprint density at radius 2 is 1.79 bits per heavy atom. The van der Waals surface area contributed by atoms with Crippen LogP contribution in [0.4, 0.5) is 36.4 Å². The second-order valence-electron chi connectivity index (χ2n) is 9.80. The summed E-state index contributed by atoms with van der Waals surface area (Å²) >= 11 is 1.71. The van der Waals surface area contributed by atoms with E-state index in [9.17, 15) is 45.1 Å². The van der Waals surface area contributed by atoms with Crippen molar-refractivity contribution in [3.05, 3.63) is 56.8 Å². The van der Waals surface area contributed by atoms with Crippen LogP contribution in [-0.2, 0) is 25.3 Å². The first-order valence-electron chi connectivity index (χ1n) is 13.4. The number of amides is 2. The van der Waals surface area contributed by atoms with Gasteiger partial charge in [0.25, 0.3) is 5.91 Å². The average molecular weight is 803 g/mol. The molecule has 0 fully saturated rings. The lowest BCUT2D eigenvalue weighted by Crippen LogP contribution is -2.41. The highest BCUT2D eigenvalue weighted by Gasteiger charge is 2.38. The summed E-state index contributed by atoms with van der Waals surface area (Å²) in [5.74, 6) is -4.58. The van der Waals surface area contributed by atoms with Crippen LogP contribution in [0.2, 0.25) is 0 Å². The summed E-state index contributed by atoms with van der Waals surface area (Å²) in [6.45, 7) is -0.482. The second-order valence-corrected chi connectivity index (χ2v) is 11.1. The number of aromatic nitrogens is 2. The van der Waals surface area contributed by atoms with Gasteiger partial charge in [0, 0.05) is 14.5 Å². The monoisotopic (exact) mass is 803 g/mol. The Hall–Kier alpha value is -4.70. The molecule has 0 saturated heterocycles. The third kappa shape index (κ3) is 10.9. The van der Waals surface area contributed by atoms with Gasteiger partial charge in [-0.1, -0.05) is 0 Å². The number of fused-ring (bicyclic) bond motifs is 1. The van der Waals surface area contributed by atoms with E-state index in [1.807, 2.05) is 0 Å². The van der Waals surface area contributed by atoms with E-state index >= 15 is 0 Å². The molecule has 0 radical (unpaired) electrons. The molecule has 1 aromatic heterocycles. The van der Waals surface area contributed by atoms with Crippen LogP contribution in [0.15, 0.2) is 41.5 Å². The van der Waals surface area contributed by atoms with Crippen molar-refractivity contribution in [2.24, 2.45) is 4.99 Å². The smallest absolute Gasteiger partial charge is 0.475 e. The highest BCUT2D eigenvalue weighted by Crippen LogP contribution is 2.33. The summed E-state index contributed by atoms with van der Waals surface area (Å²) in [6, 6.07) is 5.07. The van der Waals surface area contributed by atoms with Gasteiger partial charge in [-0.15, -0.1) is 0 Å². The minimum Gasteiger partial charge on any atom is -0.475 e. The quantitative estimate of drug-likeness (QED) is 0.112. The van der Waals surface area contributed by atoms with E-state index < -0.39 is 66.8 Å². The topological polar surface area (TPSA) is 187 Å². The number of guanidine groups is 1. The summed E-state index contributed by atoms with van der Waals surface area (Å²) in [7, 11) is 1.12. The first-order valence-corrected chi connectivity index (χ1v) is 14.4. The minimum absolute atomic E-state index is 0.0181. The fourth-order valence-corrected chi connectivity index (χ4v) is 4.70. The van der Waals surface area contributed by atoms with Crippen molar-refractivity contribution in [3.63, 3.8) is 0 Å². The highest BCUT2D eigenvalue weighted by molar-refractivity contribution is 14.1. The van der Waals surface area contributed by atoms with Crippen molar-refractivity contribution in [2.45, 2.75) is 31.0 Å². The molecule has 0 bridgehead atoms.